The average Bonchev–Trinajstić information content (AvgIpc) is 2.83. The zero-order valence-corrected chi connectivity index (χ0v) is 10.3. The second kappa shape index (κ2) is 4.58. The molecule has 0 aliphatic heterocycles. The molecule has 0 saturated heterocycles. The van der Waals surface area contributed by atoms with Crippen molar-refractivity contribution in [1.29, 1.82) is 0 Å². The fourth-order valence-corrected chi connectivity index (χ4v) is 1.94. The van der Waals surface area contributed by atoms with E-state index in [4.69, 9.17) is 17.0 Å². The van der Waals surface area contributed by atoms with Crippen LogP contribution in [0, 0.1) is 0 Å². The minimum Gasteiger partial charge on any atom is -0.715 e. The van der Waals surface area contributed by atoms with Gasteiger partial charge in [0, 0.05) is 17.2 Å². The molecule has 2 aromatic carbocycles. The lowest BCUT2D eigenvalue weighted by Gasteiger charge is -1.93. The smallest absolute Gasteiger partial charge is 0.412 e. The minimum absolute atomic E-state index is 0.234. The first-order chi connectivity index (χ1) is 8.84. The van der Waals surface area contributed by atoms with E-state index in [1.165, 1.54) is 0 Å². The molecule has 3 aromatic rings. The number of para-hydroxylation sites is 1. The van der Waals surface area contributed by atoms with Gasteiger partial charge in [0.05, 0.1) is 5.56 Å². The summed E-state index contributed by atoms with van der Waals surface area (Å²) in [4.78, 5) is 0. The number of hydrogen-bond donors (Lipinski definition) is 0. The predicted octanol–water partition coefficient (Wildman–Crippen LogP) is 2.52. The summed E-state index contributed by atoms with van der Waals surface area (Å²) in [6.07, 6.45) is 0. The van der Waals surface area contributed by atoms with Gasteiger partial charge in [0.25, 0.3) is 0 Å². The third kappa shape index (κ3) is 1.98. The first-order valence-electron chi connectivity index (χ1n) is 5.55. The van der Waals surface area contributed by atoms with Crippen molar-refractivity contribution in [2.24, 2.45) is 0 Å². The zero-order chi connectivity index (χ0) is 12.4. The van der Waals surface area contributed by atoms with Gasteiger partial charge in [-0.2, -0.15) is 0 Å². The monoisotopic (exact) mass is 254 g/mol. The van der Waals surface area contributed by atoms with E-state index < -0.39 is 0 Å². The Bertz CT molecular complexity index is 593. The number of hydrogen-bond acceptors (Lipinski definition) is 3. The Morgan fingerprint density at radius 3 is 2.17 bits per heavy atom. The fraction of sp³-hybridized carbons (Fsp3) is 0. The molecule has 88 valence electrons. The molecule has 0 aliphatic rings. The molecule has 0 radical (unpaired) electrons. The molecule has 3 nitrogen and oxygen atoms in total. The van der Waals surface area contributed by atoms with E-state index in [1.54, 1.807) is 4.68 Å². The van der Waals surface area contributed by atoms with E-state index >= 15 is 0 Å². The van der Waals surface area contributed by atoms with Gasteiger partial charge in [0.15, 0.2) is 0 Å². The lowest BCUT2D eigenvalue weighted by Crippen LogP contribution is -2.34. The Labute approximate surface area is 110 Å². The standard InChI is InChI=1S/C14H10N2OS/c18-14-15-16(12-9-5-2-6-10-12)13(17-14)11-7-3-1-4-8-11/h1-10H. The van der Waals surface area contributed by atoms with E-state index in [2.05, 4.69) is 5.10 Å². The zero-order valence-electron chi connectivity index (χ0n) is 9.48. The number of benzene rings is 2. The van der Waals surface area contributed by atoms with Crippen molar-refractivity contribution in [3.8, 4) is 17.1 Å². The topological polar surface area (TPSA) is 29.9 Å². The Hall–Kier alpha value is -2.20. The first kappa shape index (κ1) is 10.9. The third-order valence-corrected chi connectivity index (χ3v) is 2.74. The summed E-state index contributed by atoms with van der Waals surface area (Å²) in [5.74, 6) is 0.645. The van der Waals surface area contributed by atoms with Crippen LogP contribution in [0.4, 0.5) is 0 Å². The van der Waals surface area contributed by atoms with E-state index in [1.807, 2.05) is 60.7 Å². The molecule has 3 rings (SSSR count). The minimum atomic E-state index is 0.234. The van der Waals surface area contributed by atoms with Crippen LogP contribution in [0.15, 0.2) is 70.3 Å². The predicted molar refractivity (Wildman–Crippen MR) is 69.1 cm³/mol. The molecule has 18 heavy (non-hydrogen) atoms. The molecule has 0 atom stereocenters. The average molecular weight is 254 g/mol. The van der Waals surface area contributed by atoms with Crippen molar-refractivity contribution in [2.75, 3.05) is 0 Å². The van der Waals surface area contributed by atoms with Crippen molar-refractivity contribution in [3.63, 3.8) is 0 Å². The molecule has 0 aliphatic carbocycles. The van der Waals surface area contributed by atoms with Crippen LogP contribution in [0.2, 0.25) is 0 Å². The van der Waals surface area contributed by atoms with E-state index in [9.17, 15) is 0 Å². The van der Waals surface area contributed by atoms with Crippen LogP contribution < -0.4 is 4.68 Å². The molecule has 1 heterocycles. The summed E-state index contributed by atoms with van der Waals surface area (Å²) in [5, 5.41) is 4.46. The van der Waals surface area contributed by atoms with Crippen LogP contribution in [0.5, 0.6) is 0 Å². The maximum Gasteiger partial charge on any atom is 0.412 e. The largest absolute Gasteiger partial charge is 0.715 e. The van der Waals surface area contributed by atoms with E-state index in [-0.39, 0.29) is 5.22 Å². The fourth-order valence-electron chi connectivity index (χ4n) is 1.78. The maximum absolute atomic E-state index is 5.52. The highest BCUT2D eigenvalue weighted by molar-refractivity contribution is 7.58. The molecule has 1 aromatic heterocycles. The Morgan fingerprint density at radius 2 is 1.50 bits per heavy atom. The molecule has 0 fully saturated rings. The SMILES string of the molecule is [S-]c1n[n+](-c2ccccc2)c(-c2ccccc2)o1. The van der Waals surface area contributed by atoms with Gasteiger partial charge in [0.2, 0.25) is 5.69 Å². The Kier molecular flexibility index (Phi) is 2.78. The molecule has 4 heteroatoms. The molecule has 0 spiro atoms. The second-order valence-electron chi connectivity index (χ2n) is 3.79. The van der Waals surface area contributed by atoms with Crippen molar-refractivity contribution >= 4 is 12.6 Å². The summed E-state index contributed by atoms with van der Waals surface area (Å²) in [6, 6.07) is 19.6. The summed E-state index contributed by atoms with van der Waals surface area (Å²) >= 11 is 5.02. The van der Waals surface area contributed by atoms with Crippen LogP contribution in [-0.2, 0) is 12.6 Å². The Morgan fingerprint density at radius 1 is 0.889 bits per heavy atom. The first-order valence-corrected chi connectivity index (χ1v) is 5.96. The number of aromatic nitrogens is 2. The van der Waals surface area contributed by atoms with Gasteiger partial charge in [-0.15, -0.1) is 0 Å². The number of rotatable bonds is 2. The van der Waals surface area contributed by atoms with Gasteiger partial charge in [-0.1, -0.05) is 36.4 Å². The summed E-state index contributed by atoms with van der Waals surface area (Å²) in [7, 11) is 0. The van der Waals surface area contributed by atoms with Crippen molar-refractivity contribution in [2.45, 2.75) is 5.22 Å². The second-order valence-corrected chi connectivity index (χ2v) is 4.14. The molecule has 0 amide bonds. The molecular weight excluding hydrogens is 244 g/mol. The molecule has 0 N–H and O–H groups in total. The van der Waals surface area contributed by atoms with Crippen LogP contribution in [0.1, 0.15) is 0 Å². The van der Waals surface area contributed by atoms with Gasteiger partial charge in [-0.3, -0.25) is 0 Å². The van der Waals surface area contributed by atoms with Gasteiger partial charge in [-0.25, -0.2) is 0 Å². The summed E-state index contributed by atoms with van der Waals surface area (Å²) in [6.45, 7) is 0. The normalized spacial score (nSPS) is 10.4. The van der Waals surface area contributed by atoms with E-state index in [0.717, 1.165) is 11.3 Å². The lowest BCUT2D eigenvalue weighted by molar-refractivity contribution is -0.650. The molecule has 0 saturated carbocycles. The van der Waals surface area contributed by atoms with Gasteiger partial charge < -0.3 is 17.0 Å². The van der Waals surface area contributed by atoms with Crippen molar-refractivity contribution in [1.82, 2.24) is 5.10 Å². The quantitative estimate of drug-likeness (QED) is 0.520. The molecule has 0 unspecified atom stereocenters. The van der Waals surface area contributed by atoms with Crippen molar-refractivity contribution < 1.29 is 9.10 Å². The van der Waals surface area contributed by atoms with Crippen LogP contribution >= 0.6 is 0 Å². The van der Waals surface area contributed by atoms with Gasteiger partial charge in [-0.05, 0) is 16.8 Å². The number of nitrogens with zero attached hydrogens (tertiary/aromatic N) is 2. The van der Waals surface area contributed by atoms with Gasteiger partial charge >= 0.3 is 5.89 Å². The molecular formula is C14H10N2OS. The van der Waals surface area contributed by atoms with Gasteiger partial charge in [0.1, 0.15) is 5.22 Å². The highest BCUT2D eigenvalue weighted by atomic mass is 32.1. The molecule has 0 bridgehead atoms. The Balaban J connectivity index is 2.17. The van der Waals surface area contributed by atoms with Crippen LogP contribution in [0.25, 0.3) is 17.1 Å². The summed E-state index contributed by atoms with van der Waals surface area (Å²) < 4.78 is 7.24. The highest BCUT2D eigenvalue weighted by Gasteiger charge is 2.22. The van der Waals surface area contributed by atoms with E-state index in [0.29, 0.717) is 5.89 Å². The lowest BCUT2D eigenvalue weighted by atomic mass is 10.2. The maximum atomic E-state index is 5.52. The third-order valence-electron chi connectivity index (χ3n) is 2.58. The highest BCUT2D eigenvalue weighted by Crippen LogP contribution is 2.17. The summed E-state index contributed by atoms with van der Waals surface area (Å²) in [5.41, 5.74) is 1.88. The van der Waals surface area contributed by atoms with Crippen molar-refractivity contribution in [3.05, 3.63) is 60.7 Å². The van der Waals surface area contributed by atoms with Crippen LogP contribution in [-0.4, -0.2) is 5.10 Å². The van der Waals surface area contributed by atoms with Crippen LogP contribution in [0.3, 0.4) is 0 Å².